The van der Waals surface area contributed by atoms with E-state index in [0.717, 1.165) is 0 Å². The fraction of sp³-hybridized carbons (Fsp3) is 0.222. The molecule has 9 heteroatoms. The molecule has 0 unspecified atom stereocenters. The second kappa shape index (κ2) is 7.54. The summed E-state index contributed by atoms with van der Waals surface area (Å²) in [5.41, 5.74) is 1.87. The average molecular weight is 408 g/mol. The lowest BCUT2D eigenvalue weighted by atomic mass is 10.1. The molecule has 0 saturated carbocycles. The maximum atomic E-state index is 12.6. The van der Waals surface area contributed by atoms with Crippen molar-refractivity contribution in [1.29, 1.82) is 0 Å². The van der Waals surface area contributed by atoms with Gasteiger partial charge in [-0.3, -0.25) is 4.79 Å². The monoisotopic (exact) mass is 407 g/mol. The van der Waals surface area contributed by atoms with Gasteiger partial charge in [-0.2, -0.15) is 0 Å². The van der Waals surface area contributed by atoms with Crippen LogP contribution in [0.4, 0.5) is 5.69 Å². The van der Waals surface area contributed by atoms with E-state index in [4.69, 9.17) is 32.5 Å². The van der Waals surface area contributed by atoms with Gasteiger partial charge in [0.15, 0.2) is 6.10 Å². The van der Waals surface area contributed by atoms with Gasteiger partial charge in [0.25, 0.3) is 11.6 Å². The fourth-order valence-electron chi connectivity index (χ4n) is 2.49. The number of esters is 1. The van der Waals surface area contributed by atoms with Crippen molar-refractivity contribution < 1.29 is 18.8 Å². The van der Waals surface area contributed by atoms with Crippen LogP contribution in [0.1, 0.15) is 28.7 Å². The third kappa shape index (κ3) is 3.89. The normalized spacial score (nSPS) is 12.0. The minimum Gasteiger partial charge on any atom is -0.449 e. The van der Waals surface area contributed by atoms with E-state index >= 15 is 0 Å². The van der Waals surface area contributed by atoms with Crippen molar-refractivity contribution in [2.75, 3.05) is 5.32 Å². The van der Waals surface area contributed by atoms with Gasteiger partial charge >= 0.3 is 5.97 Å². The van der Waals surface area contributed by atoms with Crippen LogP contribution in [0.5, 0.6) is 0 Å². The highest BCUT2D eigenvalue weighted by Crippen LogP contribution is 2.29. The second-order valence-corrected chi connectivity index (χ2v) is 6.68. The van der Waals surface area contributed by atoms with Crippen molar-refractivity contribution in [3.8, 4) is 0 Å². The van der Waals surface area contributed by atoms with E-state index < -0.39 is 18.0 Å². The number of amides is 1. The smallest absolute Gasteiger partial charge is 0.339 e. The molecule has 1 N–H and O–H groups in total. The Morgan fingerprint density at radius 3 is 2.74 bits per heavy atom. The molecular weight excluding hydrogens is 393 g/mol. The summed E-state index contributed by atoms with van der Waals surface area (Å²) in [6, 6.07) is 6.40. The Morgan fingerprint density at radius 2 is 2.00 bits per heavy atom. The van der Waals surface area contributed by atoms with Crippen LogP contribution in [0, 0.1) is 13.8 Å². The highest BCUT2D eigenvalue weighted by molar-refractivity contribution is 6.44. The summed E-state index contributed by atoms with van der Waals surface area (Å²) in [4.78, 5) is 29.1. The van der Waals surface area contributed by atoms with Gasteiger partial charge in [-0.15, -0.1) is 0 Å². The molecule has 1 atom stereocenters. The van der Waals surface area contributed by atoms with Gasteiger partial charge in [0.05, 0.1) is 32.4 Å². The molecule has 3 rings (SSSR count). The van der Waals surface area contributed by atoms with Crippen molar-refractivity contribution in [1.82, 2.24) is 10.1 Å². The topological polar surface area (TPSA) is 94.3 Å². The molecule has 1 aromatic carbocycles. The van der Waals surface area contributed by atoms with E-state index in [1.807, 2.05) is 0 Å². The van der Waals surface area contributed by atoms with E-state index in [2.05, 4.69) is 15.5 Å². The Morgan fingerprint density at radius 1 is 1.26 bits per heavy atom. The lowest BCUT2D eigenvalue weighted by Crippen LogP contribution is -2.30. The van der Waals surface area contributed by atoms with Crippen molar-refractivity contribution in [3.63, 3.8) is 0 Å². The average Bonchev–Trinajstić information content (AvgIpc) is 2.98. The van der Waals surface area contributed by atoms with Crippen LogP contribution >= 0.6 is 23.2 Å². The molecule has 0 aliphatic heterocycles. The van der Waals surface area contributed by atoms with Gasteiger partial charge in [-0.1, -0.05) is 34.4 Å². The first-order valence-electron chi connectivity index (χ1n) is 7.97. The van der Waals surface area contributed by atoms with Crippen LogP contribution in [0.3, 0.4) is 0 Å². The number of carbonyl (C=O) groups excluding carboxylic acids is 2. The van der Waals surface area contributed by atoms with Crippen LogP contribution in [0.2, 0.25) is 10.0 Å². The minimum absolute atomic E-state index is 0.206. The predicted molar refractivity (Wildman–Crippen MR) is 101 cm³/mol. The Labute approximate surface area is 164 Å². The number of anilines is 1. The zero-order chi connectivity index (χ0) is 19.7. The van der Waals surface area contributed by atoms with E-state index in [1.165, 1.54) is 6.92 Å². The zero-order valence-corrected chi connectivity index (χ0v) is 16.2. The van der Waals surface area contributed by atoms with Gasteiger partial charge in [0, 0.05) is 5.69 Å². The number of aryl methyl sites for hydroxylation is 2. The highest BCUT2D eigenvalue weighted by atomic mass is 35.5. The molecule has 0 spiro atoms. The first-order chi connectivity index (χ1) is 12.8. The molecular formula is C18H15Cl2N3O4. The Kier molecular flexibility index (Phi) is 5.34. The predicted octanol–water partition coefficient (Wildman–Crippen LogP) is 4.33. The molecule has 0 fully saturated rings. The molecule has 0 bridgehead atoms. The quantitative estimate of drug-likeness (QED) is 0.646. The zero-order valence-electron chi connectivity index (χ0n) is 14.7. The summed E-state index contributed by atoms with van der Waals surface area (Å²) < 4.78 is 10.4. The molecule has 7 nitrogen and oxygen atoms in total. The molecule has 140 valence electrons. The Bertz CT molecular complexity index is 1050. The van der Waals surface area contributed by atoms with Crippen LogP contribution in [0.15, 0.2) is 28.8 Å². The third-order valence-electron chi connectivity index (χ3n) is 3.83. The van der Waals surface area contributed by atoms with E-state index in [1.54, 1.807) is 38.1 Å². The summed E-state index contributed by atoms with van der Waals surface area (Å²) >= 11 is 12.0. The number of nitrogens with one attached hydrogen (secondary N) is 1. The van der Waals surface area contributed by atoms with Crippen LogP contribution < -0.4 is 5.32 Å². The molecule has 0 saturated heterocycles. The largest absolute Gasteiger partial charge is 0.449 e. The molecule has 0 aliphatic carbocycles. The summed E-state index contributed by atoms with van der Waals surface area (Å²) in [6.45, 7) is 4.86. The number of aromatic nitrogens is 2. The van der Waals surface area contributed by atoms with E-state index in [-0.39, 0.29) is 16.3 Å². The summed E-state index contributed by atoms with van der Waals surface area (Å²) in [7, 11) is 0. The summed E-state index contributed by atoms with van der Waals surface area (Å²) in [5.74, 6) is -1.23. The lowest BCUT2D eigenvalue weighted by Gasteiger charge is -2.15. The molecule has 0 radical (unpaired) electrons. The van der Waals surface area contributed by atoms with Gasteiger partial charge < -0.3 is 14.6 Å². The number of pyridine rings is 1. The van der Waals surface area contributed by atoms with Crippen molar-refractivity contribution in [2.24, 2.45) is 0 Å². The SMILES string of the molecule is Cc1cc(C(=O)O[C@H](C)C(=O)Nc2cccc(Cl)c2Cl)c2c(C)noc2n1. The number of rotatable bonds is 4. The summed E-state index contributed by atoms with van der Waals surface area (Å²) in [6.07, 6.45) is -1.07. The van der Waals surface area contributed by atoms with Gasteiger partial charge in [-0.25, -0.2) is 9.78 Å². The summed E-state index contributed by atoms with van der Waals surface area (Å²) in [5, 5.41) is 7.37. The fourth-order valence-corrected chi connectivity index (χ4v) is 2.84. The standard InChI is InChI=1S/C18H15Cl2N3O4/c1-8-7-11(14-9(2)23-27-17(14)21-8)18(25)26-10(3)16(24)22-13-6-4-5-12(19)15(13)20/h4-7,10H,1-3H3,(H,22,24)/t10-/m1/s1. The van der Waals surface area contributed by atoms with Gasteiger partial charge in [-0.05, 0) is 39.0 Å². The van der Waals surface area contributed by atoms with Crippen LogP contribution in [0.25, 0.3) is 11.1 Å². The molecule has 2 aromatic heterocycles. The second-order valence-electron chi connectivity index (χ2n) is 5.90. The first kappa shape index (κ1) is 19.1. The molecule has 3 aromatic rings. The maximum Gasteiger partial charge on any atom is 0.339 e. The van der Waals surface area contributed by atoms with Crippen LogP contribution in [-0.2, 0) is 9.53 Å². The van der Waals surface area contributed by atoms with Gasteiger partial charge in [0.2, 0.25) is 0 Å². The number of hydrogen-bond donors (Lipinski definition) is 1. The molecule has 27 heavy (non-hydrogen) atoms. The molecule has 1 amide bonds. The minimum atomic E-state index is -1.07. The highest BCUT2D eigenvalue weighted by Gasteiger charge is 2.24. The van der Waals surface area contributed by atoms with E-state index in [0.29, 0.717) is 27.5 Å². The number of fused-ring (bicyclic) bond motifs is 1. The lowest BCUT2D eigenvalue weighted by molar-refractivity contribution is -0.123. The first-order valence-corrected chi connectivity index (χ1v) is 8.73. The van der Waals surface area contributed by atoms with Crippen molar-refractivity contribution >= 4 is 51.9 Å². The molecule has 0 aliphatic rings. The Hall–Kier alpha value is -2.64. The number of carbonyl (C=O) groups is 2. The van der Waals surface area contributed by atoms with Crippen molar-refractivity contribution in [3.05, 3.63) is 51.3 Å². The number of benzene rings is 1. The molecule has 2 heterocycles. The van der Waals surface area contributed by atoms with E-state index in [9.17, 15) is 9.59 Å². The third-order valence-corrected chi connectivity index (χ3v) is 4.65. The maximum absolute atomic E-state index is 12.6. The van der Waals surface area contributed by atoms with Crippen LogP contribution in [-0.4, -0.2) is 28.1 Å². The van der Waals surface area contributed by atoms with Crippen molar-refractivity contribution in [2.45, 2.75) is 26.9 Å². The number of hydrogen-bond acceptors (Lipinski definition) is 6. The van der Waals surface area contributed by atoms with Gasteiger partial charge in [0.1, 0.15) is 0 Å². The number of ether oxygens (including phenoxy) is 1. The number of halogens is 2. The number of nitrogens with zero attached hydrogens (tertiary/aromatic N) is 2. The Balaban J connectivity index is 1.79.